The third kappa shape index (κ3) is 2.37. The van der Waals surface area contributed by atoms with Gasteiger partial charge in [-0.05, 0) is 12.1 Å². The molecular weight excluding hydrogens is 250 g/mol. The molecule has 3 rings (SSSR count). The van der Waals surface area contributed by atoms with E-state index >= 15 is 0 Å². The van der Waals surface area contributed by atoms with Crippen LogP contribution in [0.1, 0.15) is 5.56 Å². The van der Waals surface area contributed by atoms with Crippen molar-refractivity contribution >= 4 is 23.0 Å². The Hall–Kier alpha value is -2.36. The Labute approximate surface area is 118 Å². The van der Waals surface area contributed by atoms with Crippen LogP contribution in [0.15, 0.2) is 43.1 Å². The van der Waals surface area contributed by atoms with Gasteiger partial charge in [-0.1, -0.05) is 24.8 Å². The summed E-state index contributed by atoms with van der Waals surface area (Å²) in [5.41, 5.74) is 3.02. The van der Waals surface area contributed by atoms with Crippen LogP contribution in [0, 0.1) is 0 Å². The van der Waals surface area contributed by atoms with Gasteiger partial charge < -0.3 is 9.80 Å². The van der Waals surface area contributed by atoms with E-state index in [9.17, 15) is 4.79 Å². The van der Waals surface area contributed by atoms with Crippen molar-refractivity contribution in [2.24, 2.45) is 0 Å². The van der Waals surface area contributed by atoms with Crippen LogP contribution in [0.4, 0.5) is 0 Å². The molecule has 1 aromatic heterocycles. The number of pyridine rings is 1. The fourth-order valence-corrected chi connectivity index (χ4v) is 2.51. The third-order valence-electron chi connectivity index (χ3n) is 3.77. The van der Waals surface area contributed by atoms with Gasteiger partial charge in [-0.15, -0.1) is 0 Å². The van der Waals surface area contributed by atoms with Crippen molar-refractivity contribution in [2.75, 3.05) is 26.2 Å². The number of hydrogen-bond acceptors (Lipinski definition) is 3. The summed E-state index contributed by atoms with van der Waals surface area (Å²) in [5, 5.41) is 1.12. The second kappa shape index (κ2) is 5.33. The fraction of sp³-hybridized carbons (Fsp3) is 0.250. The molecule has 20 heavy (non-hydrogen) atoms. The Morgan fingerprint density at radius 2 is 1.95 bits per heavy atom. The Morgan fingerprint density at radius 3 is 2.70 bits per heavy atom. The average molecular weight is 267 g/mol. The number of para-hydroxylation sites is 1. The Morgan fingerprint density at radius 1 is 1.20 bits per heavy atom. The van der Waals surface area contributed by atoms with E-state index in [1.165, 1.54) is 0 Å². The summed E-state index contributed by atoms with van der Waals surface area (Å²) in [6, 6.07) is 10.2. The maximum atomic E-state index is 10.7. The molecule has 2 aromatic rings. The smallest absolute Gasteiger partial charge is 0.209 e. The summed E-state index contributed by atoms with van der Waals surface area (Å²) in [5.74, 6) is 0. The number of aromatic nitrogens is 1. The van der Waals surface area contributed by atoms with Crippen LogP contribution in [0.25, 0.3) is 16.6 Å². The number of carbonyl (C=O) groups is 1. The number of nitrogens with zero attached hydrogens (tertiary/aromatic N) is 3. The second-order valence-electron chi connectivity index (χ2n) is 4.99. The first-order chi connectivity index (χ1) is 9.78. The van der Waals surface area contributed by atoms with Crippen LogP contribution in [-0.4, -0.2) is 47.4 Å². The van der Waals surface area contributed by atoms with E-state index in [0.717, 1.165) is 54.8 Å². The minimum Gasteiger partial charge on any atom is -0.368 e. The van der Waals surface area contributed by atoms with Crippen LogP contribution in [0.2, 0.25) is 0 Å². The van der Waals surface area contributed by atoms with E-state index in [0.29, 0.717) is 0 Å². The number of amides is 1. The highest BCUT2D eigenvalue weighted by Crippen LogP contribution is 2.21. The number of carbonyl (C=O) groups excluding carboxylic acids is 1. The molecule has 0 spiro atoms. The lowest BCUT2D eigenvalue weighted by Crippen LogP contribution is -2.44. The largest absolute Gasteiger partial charge is 0.368 e. The first kappa shape index (κ1) is 12.7. The standard InChI is InChI=1S/C16H17N3O/c1-13(19-8-6-18(12-20)7-9-19)15-10-14-4-2-3-5-16(14)17-11-15/h2-5,10-12H,1,6-9H2. The molecule has 0 aliphatic carbocycles. The van der Waals surface area contributed by atoms with Crippen LogP contribution < -0.4 is 0 Å². The zero-order valence-corrected chi connectivity index (χ0v) is 11.3. The van der Waals surface area contributed by atoms with Gasteiger partial charge in [-0.25, -0.2) is 0 Å². The number of fused-ring (bicyclic) bond motifs is 1. The zero-order valence-electron chi connectivity index (χ0n) is 11.3. The maximum absolute atomic E-state index is 10.7. The monoisotopic (exact) mass is 267 g/mol. The minimum atomic E-state index is 0.754. The summed E-state index contributed by atoms with van der Waals surface area (Å²) < 4.78 is 0. The molecule has 0 N–H and O–H groups in total. The Bertz CT molecular complexity index is 645. The van der Waals surface area contributed by atoms with Gasteiger partial charge in [0.2, 0.25) is 6.41 Å². The van der Waals surface area contributed by atoms with Crippen LogP contribution in [-0.2, 0) is 4.79 Å². The topological polar surface area (TPSA) is 36.4 Å². The summed E-state index contributed by atoms with van der Waals surface area (Å²) in [6.07, 6.45) is 2.79. The molecule has 1 aliphatic rings. The summed E-state index contributed by atoms with van der Waals surface area (Å²) in [4.78, 5) is 19.2. The molecule has 2 heterocycles. The molecule has 4 heteroatoms. The Kier molecular flexibility index (Phi) is 3.37. The second-order valence-corrected chi connectivity index (χ2v) is 4.99. The van der Waals surface area contributed by atoms with E-state index in [1.54, 1.807) is 4.90 Å². The summed E-state index contributed by atoms with van der Waals surface area (Å²) in [6.45, 7) is 7.34. The van der Waals surface area contributed by atoms with Crippen molar-refractivity contribution in [3.63, 3.8) is 0 Å². The molecule has 0 atom stereocenters. The van der Waals surface area contributed by atoms with Crippen molar-refractivity contribution in [2.45, 2.75) is 0 Å². The number of rotatable bonds is 3. The molecule has 1 aromatic carbocycles. The predicted molar refractivity (Wildman–Crippen MR) is 80.0 cm³/mol. The van der Waals surface area contributed by atoms with Gasteiger partial charge in [0.15, 0.2) is 0 Å². The Balaban J connectivity index is 1.80. The molecular formula is C16H17N3O. The molecule has 4 nitrogen and oxygen atoms in total. The maximum Gasteiger partial charge on any atom is 0.209 e. The molecule has 0 radical (unpaired) electrons. The first-order valence-electron chi connectivity index (χ1n) is 6.76. The highest BCUT2D eigenvalue weighted by Gasteiger charge is 2.17. The third-order valence-corrected chi connectivity index (χ3v) is 3.77. The van der Waals surface area contributed by atoms with Crippen molar-refractivity contribution < 1.29 is 4.79 Å². The normalized spacial score (nSPS) is 15.4. The first-order valence-corrected chi connectivity index (χ1v) is 6.76. The highest BCUT2D eigenvalue weighted by atomic mass is 16.1. The zero-order chi connectivity index (χ0) is 13.9. The van der Waals surface area contributed by atoms with Crippen LogP contribution in [0.3, 0.4) is 0 Å². The molecule has 1 saturated heterocycles. The van der Waals surface area contributed by atoms with E-state index < -0.39 is 0 Å². The van der Waals surface area contributed by atoms with Gasteiger partial charge in [0.25, 0.3) is 0 Å². The van der Waals surface area contributed by atoms with E-state index in [4.69, 9.17) is 0 Å². The van der Waals surface area contributed by atoms with Crippen LogP contribution in [0.5, 0.6) is 0 Å². The molecule has 0 unspecified atom stereocenters. The quantitative estimate of drug-likeness (QED) is 0.798. The van der Waals surface area contributed by atoms with Gasteiger partial charge in [-0.2, -0.15) is 0 Å². The molecule has 1 fully saturated rings. The van der Waals surface area contributed by atoms with E-state index in [-0.39, 0.29) is 0 Å². The van der Waals surface area contributed by atoms with Crippen LogP contribution >= 0.6 is 0 Å². The number of hydrogen-bond donors (Lipinski definition) is 0. The molecule has 1 aliphatic heterocycles. The SMILES string of the molecule is C=C(c1cnc2ccccc2c1)N1CCN(C=O)CC1. The average Bonchev–Trinajstić information content (AvgIpc) is 2.54. The molecule has 0 bridgehead atoms. The fourth-order valence-electron chi connectivity index (χ4n) is 2.51. The number of benzene rings is 1. The lowest BCUT2D eigenvalue weighted by atomic mass is 10.1. The predicted octanol–water partition coefficient (Wildman–Crippen LogP) is 1.98. The summed E-state index contributed by atoms with van der Waals surface area (Å²) in [7, 11) is 0. The van der Waals surface area contributed by atoms with Gasteiger partial charge in [0, 0.05) is 49.0 Å². The van der Waals surface area contributed by atoms with Gasteiger partial charge in [0.05, 0.1) is 5.52 Å². The van der Waals surface area contributed by atoms with Gasteiger partial charge >= 0.3 is 0 Å². The molecule has 0 saturated carbocycles. The van der Waals surface area contributed by atoms with Crippen molar-refractivity contribution in [3.05, 3.63) is 48.7 Å². The lowest BCUT2D eigenvalue weighted by Gasteiger charge is -2.35. The van der Waals surface area contributed by atoms with Crippen molar-refractivity contribution in [1.82, 2.24) is 14.8 Å². The van der Waals surface area contributed by atoms with Crippen molar-refractivity contribution in [1.29, 1.82) is 0 Å². The van der Waals surface area contributed by atoms with Crippen molar-refractivity contribution in [3.8, 4) is 0 Å². The highest BCUT2D eigenvalue weighted by molar-refractivity contribution is 5.81. The molecule has 1 amide bonds. The minimum absolute atomic E-state index is 0.754. The summed E-state index contributed by atoms with van der Waals surface area (Å²) >= 11 is 0. The van der Waals surface area contributed by atoms with E-state index in [1.807, 2.05) is 24.4 Å². The lowest BCUT2D eigenvalue weighted by molar-refractivity contribution is -0.119. The molecule has 102 valence electrons. The number of piperazine rings is 1. The van der Waals surface area contributed by atoms with Gasteiger partial charge in [0.1, 0.15) is 0 Å². The van der Waals surface area contributed by atoms with Gasteiger partial charge in [-0.3, -0.25) is 9.78 Å². The van der Waals surface area contributed by atoms with E-state index in [2.05, 4.69) is 28.6 Å².